The van der Waals surface area contributed by atoms with Crippen molar-refractivity contribution in [2.45, 2.75) is 76.4 Å². The van der Waals surface area contributed by atoms with Crippen LogP contribution in [0.15, 0.2) is 24.3 Å². The number of anilines is 1. The fourth-order valence-corrected chi connectivity index (χ4v) is 4.17. The van der Waals surface area contributed by atoms with Crippen molar-refractivity contribution in [1.29, 1.82) is 0 Å². The lowest BCUT2D eigenvalue weighted by Gasteiger charge is -2.50. The number of hydrogen-bond acceptors (Lipinski definition) is 2. The van der Waals surface area contributed by atoms with E-state index in [1.165, 1.54) is 43.4 Å². The molecule has 2 atom stereocenters. The summed E-state index contributed by atoms with van der Waals surface area (Å²) in [5.74, 6) is 0. The third kappa shape index (κ3) is 2.96. The van der Waals surface area contributed by atoms with Crippen molar-refractivity contribution in [3.8, 4) is 0 Å². The Morgan fingerprint density at radius 3 is 2.05 bits per heavy atom. The predicted molar refractivity (Wildman–Crippen MR) is 91.1 cm³/mol. The lowest BCUT2D eigenvalue weighted by molar-refractivity contribution is 0.252. The monoisotopic (exact) mass is 286 g/mol. The summed E-state index contributed by atoms with van der Waals surface area (Å²) in [4.78, 5) is 2.73. The van der Waals surface area contributed by atoms with Crippen molar-refractivity contribution in [3.05, 3.63) is 29.8 Å². The van der Waals surface area contributed by atoms with Gasteiger partial charge in [-0.05, 0) is 62.3 Å². The molecule has 2 heteroatoms. The van der Waals surface area contributed by atoms with Crippen LogP contribution in [0.3, 0.4) is 0 Å². The van der Waals surface area contributed by atoms with E-state index in [-0.39, 0.29) is 5.41 Å². The molecule has 3 rings (SSSR count). The number of nitrogens with one attached hydrogen (secondary N) is 1. The molecule has 0 aliphatic carbocycles. The third-order valence-corrected chi connectivity index (χ3v) is 5.41. The molecule has 2 bridgehead atoms. The van der Waals surface area contributed by atoms with E-state index in [1.807, 2.05) is 0 Å². The number of benzene rings is 1. The zero-order valence-electron chi connectivity index (χ0n) is 14.0. The smallest absolute Gasteiger partial charge is 0.0371 e. The fraction of sp³-hybridized carbons (Fsp3) is 0.684. The summed E-state index contributed by atoms with van der Waals surface area (Å²) in [6.07, 6.45) is 6.72. The summed E-state index contributed by atoms with van der Waals surface area (Å²) in [7, 11) is 2.12. The molecule has 2 fully saturated rings. The summed E-state index contributed by atoms with van der Waals surface area (Å²) in [5, 5.41) is 3.51. The van der Waals surface area contributed by atoms with Gasteiger partial charge < -0.3 is 10.2 Å². The quantitative estimate of drug-likeness (QED) is 0.881. The van der Waals surface area contributed by atoms with Gasteiger partial charge in [0, 0.05) is 23.8 Å². The summed E-state index contributed by atoms with van der Waals surface area (Å²) >= 11 is 0. The highest BCUT2D eigenvalue weighted by molar-refractivity contribution is 5.51. The molecule has 0 spiro atoms. The maximum Gasteiger partial charge on any atom is 0.0371 e. The van der Waals surface area contributed by atoms with E-state index in [1.54, 1.807) is 0 Å². The van der Waals surface area contributed by atoms with Crippen molar-refractivity contribution in [2.75, 3.05) is 11.9 Å². The van der Waals surface area contributed by atoms with E-state index in [4.69, 9.17) is 0 Å². The fourth-order valence-electron chi connectivity index (χ4n) is 4.17. The maximum atomic E-state index is 3.51. The van der Waals surface area contributed by atoms with E-state index in [9.17, 15) is 0 Å². The standard InChI is InChI=1S/C19H30N2/c1-19(2,3)14-8-10-16(11-9-14)21-17-6-5-7-18(21)13-15(12-17)20-4/h8-11,15,17-18,20H,5-7,12-13H2,1-4H3. The van der Waals surface area contributed by atoms with Crippen LogP contribution in [0, 0.1) is 0 Å². The highest BCUT2D eigenvalue weighted by atomic mass is 15.2. The molecular formula is C19H30N2. The summed E-state index contributed by atoms with van der Waals surface area (Å²) in [5.41, 5.74) is 3.11. The van der Waals surface area contributed by atoms with Gasteiger partial charge >= 0.3 is 0 Å². The second-order valence-corrected chi connectivity index (χ2v) is 7.90. The van der Waals surface area contributed by atoms with Gasteiger partial charge in [0.1, 0.15) is 0 Å². The largest absolute Gasteiger partial charge is 0.365 e. The molecule has 2 nitrogen and oxygen atoms in total. The normalized spacial score (nSPS) is 29.5. The van der Waals surface area contributed by atoms with Gasteiger partial charge in [-0.1, -0.05) is 32.9 Å². The van der Waals surface area contributed by atoms with Crippen molar-refractivity contribution in [2.24, 2.45) is 0 Å². The molecule has 2 saturated heterocycles. The van der Waals surface area contributed by atoms with Crippen molar-refractivity contribution in [1.82, 2.24) is 5.32 Å². The van der Waals surface area contributed by atoms with Crippen molar-refractivity contribution >= 4 is 5.69 Å². The van der Waals surface area contributed by atoms with Gasteiger partial charge in [0.05, 0.1) is 0 Å². The first-order chi connectivity index (χ1) is 9.99. The minimum absolute atomic E-state index is 0.244. The molecule has 0 saturated carbocycles. The zero-order valence-corrected chi connectivity index (χ0v) is 14.0. The Morgan fingerprint density at radius 1 is 1.00 bits per heavy atom. The number of hydrogen-bond donors (Lipinski definition) is 1. The van der Waals surface area contributed by atoms with E-state index in [2.05, 4.69) is 62.3 Å². The van der Waals surface area contributed by atoms with Gasteiger partial charge in [0.25, 0.3) is 0 Å². The molecule has 1 aromatic rings. The Bertz CT molecular complexity index is 457. The molecule has 0 aromatic heterocycles. The topological polar surface area (TPSA) is 15.3 Å². The van der Waals surface area contributed by atoms with Gasteiger partial charge in [-0.3, -0.25) is 0 Å². The highest BCUT2D eigenvalue weighted by Crippen LogP contribution is 2.38. The highest BCUT2D eigenvalue weighted by Gasteiger charge is 2.37. The Morgan fingerprint density at radius 2 is 1.57 bits per heavy atom. The molecule has 1 N–H and O–H groups in total. The van der Waals surface area contributed by atoms with Gasteiger partial charge in [-0.25, -0.2) is 0 Å². The van der Waals surface area contributed by atoms with Crippen LogP contribution in [0.1, 0.15) is 58.4 Å². The first kappa shape index (κ1) is 14.9. The van der Waals surface area contributed by atoms with Gasteiger partial charge in [0.2, 0.25) is 0 Å². The molecule has 1 aromatic carbocycles. The van der Waals surface area contributed by atoms with E-state index < -0.39 is 0 Å². The minimum atomic E-state index is 0.244. The van der Waals surface area contributed by atoms with Gasteiger partial charge in [-0.2, -0.15) is 0 Å². The molecular weight excluding hydrogens is 256 g/mol. The van der Waals surface area contributed by atoms with Crippen LogP contribution >= 0.6 is 0 Å². The van der Waals surface area contributed by atoms with E-state index in [0.29, 0.717) is 6.04 Å². The lowest BCUT2D eigenvalue weighted by atomic mass is 9.81. The lowest BCUT2D eigenvalue weighted by Crippen LogP contribution is -2.56. The Balaban J connectivity index is 1.83. The molecule has 21 heavy (non-hydrogen) atoms. The second-order valence-electron chi connectivity index (χ2n) is 7.90. The van der Waals surface area contributed by atoms with Crippen LogP contribution < -0.4 is 10.2 Å². The van der Waals surface area contributed by atoms with E-state index >= 15 is 0 Å². The number of piperidine rings is 2. The van der Waals surface area contributed by atoms with Gasteiger partial charge in [0.15, 0.2) is 0 Å². The SMILES string of the molecule is CNC1CC2CCCC(C1)N2c1ccc(C(C)(C)C)cc1. The number of rotatable bonds is 2. The Labute approximate surface area is 129 Å². The molecule has 0 radical (unpaired) electrons. The van der Waals surface area contributed by atoms with E-state index in [0.717, 1.165) is 12.1 Å². The predicted octanol–water partition coefficient (Wildman–Crippen LogP) is 4.09. The zero-order chi connectivity index (χ0) is 15.0. The third-order valence-electron chi connectivity index (χ3n) is 5.41. The summed E-state index contributed by atoms with van der Waals surface area (Å²) in [6.45, 7) is 6.86. The van der Waals surface area contributed by atoms with Crippen LogP contribution in [-0.2, 0) is 5.41 Å². The molecule has 116 valence electrons. The average Bonchev–Trinajstić information content (AvgIpc) is 2.45. The molecule has 2 aliphatic heterocycles. The average molecular weight is 286 g/mol. The Kier molecular flexibility index (Phi) is 4.00. The van der Waals surface area contributed by atoms with Crippen molar-refractivity contribution in [3.63, 3.8) is 0 Å². The molecule has 2 unspecified atom stereocenters. The first-order valence-corrected chi connectivity index (χ1v) is 8.55. The Hall–Kier alpha value is -1.02. The number of fused-ring (bicyclic) bond motifs is 2. The van der Waals surface area contributed by atoms with Crippen LogP contribution in [0.4, 0.5) is 5.69 Å². The number of nitrogens with zero attached hydrogens (tertiary/aromatic N) is 1. The molecule has 0 amide bonds. The van der Waals surface area contributed by atoms with Crippen LogP contribution in [0.5, 0.6) is 0 Å². The van der Waals surface area contributed by atoms with Crippen LogP contribution in [-0.4, -0.2) is 25.2 Å². The van der Waals surface area contributed by atoms with Gasteiger partial charge in [-0.15, -0.1) is 0 Å². The van der Waals surface area contributed by atoms with Crippen molar-refractivity contribution < 1.29 is 0 Å². The maximum absolute atomic E-state index is 3.51. The molecule has 2 heterocycles. The van der Waals surface area contributed by atoms with Crippen LogP contribution in [0.25, 0.3) is 0 Å². The molecule has 2 aliphatic rings. The first-order valence-electron chi connectivity index (χ1n) is 8.55. The summed E-state index contributed by atoms with van der Waals surface area (Å²) in [6, 6.07) is 11.5. The van der Waals surface area contributed by atoms with Crippen LogP contribution in [0.2, 0.25) is 0 Å². The second kappa shape index (κ2) is 5.64. The minimum Gasteiger partial charge on any atom is -0.365 e. The summed E-state index contributed by atoms with van der Waals surface area (Å²) < 4.78 is 0.